The monoisotopic (exact) mass is 538 g/mol. The van der Waals surface area contributed by atoms with Gasteiger partial charge in [-0.05, 0) is 48.0 Å². The molecule has 0 saturated heterocycles. The SMILES string of the molecule is C1=C(c2ccc3ccc4cccnc4c3n2)CN(c2ccc3ccc4cccnc4c3n2)c2c1ccc1cccnc21. The van der Waals surface area contributed by atoms with Crippen molar-refractivity contribution in [3.05, 3.63) is 127 Å². The summed E-state index contributed by atoms with van der Waals surface area (Å²) >= 11 is 0. The summed E-state index contributed by atoms with van der Waals surface area (Å²) in [5.41, 5.74) is 8.71. The zero-order valence-corrected chi connectivity index (χ0v) is 22.4. The zero-order chi connectivity index (χ0) is 27.6. The van der Waals surface area contributed by atoms with Gasteiger partial charge in [-0.2, -0.15) is 0 Å². The van der Waals surface area contributed by atoms with E-state index in [-0.39, 0.29) is 0 Å². The fraction of sp³-hybridized carbons (Fsp3) is 0.0278. The molecule has 6 heterocycles. The number of benzene rings is 3. The molecule has 0 fully saturated rings. The normalized spacial score (nSPS) is 13.2. The summed E-state index contributed by atoms with van der Waals surface area (Å²) in [6.45, 7) is 0.593. The average molecular weight is 539 g/mol. The second-order valence-electron chi connectivity index (χ2n) is 10.6. The largest absolute Gasteiger partial charge is 0.319 e. The molecule has 1 aliphatic rings. The highest BCUT2D eigenvalue weighted by Gasteiger charge is 2.25. The van der Waals surface area contributed by atoms with Gasteiger partial charge in [-0.1, -0.05) is 60.7 Å². The molecule has 0 aliphatic carbocycles. The van der Waals surface area contributed by atoms with Crippen LogP contribution in [-0.2, 0) is 0 Å². The summed E-state index contributed by atoms with van der Waals surface area (Å²) in [7, 11) is 0. The quantitative estimate of drug-likeness (QED) is 0.207. The van der Waals surface area contributed by atoms with Crippen molar-refractivity contribution in [1.29, 1.82) is 0 Å². The Bertz CT molecular complexity index is 2410. The second-order valence-corrected chi connectivity index (χ2v) is 10.6. The number of fused-ring (bicyclic) bond motifs is 9. The number of anilines is 2. The van der Waals surface area contributed by atoms with Crippen LogP contribution in [0.5, 0.6) is 0 Å². The Kier molecular flexibility index (Phi) is 4.86. The Balaban J connectivity index is 1.27. The highest BCUT2D eigenvalue weighted by Crippen LogP contribution is 2.41. The summed E-state index contributed by atoms with van der Waals surface area (Å²) in [6, 6.07) is 33.4. The standard InChI is InChI=1S/C36H22N6/c1-4-22-7-9-25-13-15-29(40-33(25)31(22)37-17-1)28-20-27-12-11-24-6-3-19-39-35(24)36(27)42(21-28)30-16-14-26-10-8-23-5-2-18-38-32(23)34(26)41-30/h1-20H,21H2. The number of hydrogen-bond acceptors (Lipinski definition) is 6. The third-order valence-electron chi connectivity index (χ3n) is 8.16. The van der Waals surface area contributed by atoms with Crippen molar-refractivity contribution in [3.63, 3.8) is 0 Å². The molecule has 0 N–H and O–H groups in total. The first-order valence-electron chi connectivity index (χ1n) is 14.0. The number of hydrogen-bond donors (Lipinski definition) is 0. The molecule has 8 aromatic rings. The number of pyridine rings is 5. The minimum absolute atomic E-state index is 0.593. The van der Waals surface area contributed by atoms with Crippen LogP contribution >= 0.6 is 0 Å². The van der Waals surface area contributed by atoms with Crippen molar-refractivity contribution in [3.8, 4) is 0 Å². The van der Waals surface area contributed by atoms with E-state index in [9.17, 15) is 0 Å². The fourth-order valence-corrected chi connectivity index (χ4v) is 6.15. The third kappa shape index (κ3) is 3.48. The molecule has 0 bridgehead atoms. The first-order chi connectivity index (χ1) is 20.8. The fourth-order valence-electron chi connectivity index (χ4n) is 6.15. The molecule has 0 radical (unpaired) electrons. The lowest BCUT2D eigenvalue weighted by Gasteiger charge is -2.31. The Hall–Kier alpha value is -5.75. The van der Waals surface area contributed by atoms with E-state index in [1.54, 1.807) is 0 Å². The van der Waals surface area contributed by atoms with Crippen LogP contribution in [0.4, 0.5) is 11.5 Å². The predicted octanol–water partition coefficient (Wildman–Crippen LogP) is 8.12. The van der Waals surface area contributed by atoms with Crippen LogP contribution in [-0.4, -0.2) is 31.5 Å². The van der Waals surface area contributed by atoms with Crippen LogP contribution in [0, 0.1) is 0 Å². The lowest BCUT2D eigenvalue weighted by molar-refractivity contribution is 1.05. The van der Waals surface area contributed by atoms with Crippen molar-refractivity contribution in [1.82, 2.24) is 24.9 Å². The van der Waals surface area contributed by atoms with Crippen molar-refractivity contribution in [2.45, 2.75) is 0 Å². The summed E-state index contributed by atoms with van der Waals surface area (Å²) in [4.78, 5) is 26.9. The number of nitrogens with zero attached hydrogens (tertiary/aromatic N) is 6. The number of aromatic nitrogens is 5. The smallest absolute Gasteiger partial charge is 0.134 e. The lowest BCUT2D eigenvalue weighted by Crippen LogP contribution is -2.25. The zero-order valence-electron chi connectivity index (χ0n) is 22.4. The van der Waals surface area contributed by atoms with Gasteiger partial charge in [0, 0.05) is 51.1 Å². The Morgan fingerprint density at radius 2 is 1.00 bits per heavy atom. The Labute approximate surface area is 240 Å². The van der Waals surface area contributed by atoms with Crippen molar-refractivity contribution in [2.24, 2.45) is 0 Å². The van der Waals surface area contributed by atoms with Gasteiger partial charge in [0.1, 0.15) is 5.82 Å². The van der Waals surface area contributed by atoms with Gasteiger partial charge < -0.3 is 4.90 Å². The third-order valence-corrected chi connectivity index (χ3v) is 8.16. The molecule has 0 atom stereocenters. The van der Waals surface area contributed by atoms with Crippen LogP contribution in [0.1, 0.15) is 11.3 Å². The van der Waals surface area contributed by atoms with Crippen molar-refractivity contribution in [2.75, 3.05) is 11.4 Å². The van der Waals surface area contributed by atoms with E-state index in [0.29, 0.717) is 6.54 Å². The molecule has 6 nitrogen and oxygen atoms in total. The average Bonchev–Trinajstić information content (AvgIpc) is 3.07. The van der Waals surface area contributed by atoms with Gasteiger partial charge in [-0.15, -0.1) is 0 Å². The van der Waals surface area contributed by atoms with E-state index in [4.69, 9.17) is 15.0 Å². The Morgan fingerprint density at radius 1 is 0.476 bits per heavy atom. The van der Waals surface area contributed by atoms with Crippen molar-refractivity contribution >= 4 is 77.7 Å². The molecule has 0 spiro atoms. The van der Waals surface area contributed by atoms with Crippen LogP contribution in [0.2, 0.25) is 0 Å². The molecule has 0 unspecified atom stereocenters. The highest BCUT2D eigenvalue weighted by molar-refractivity contribution is 6.07. The molecule has 0 saturated carbocycles. The molecular weight excluding hydrogens is 516 g/mol. The van der Waals surface area contributed by atoms with E-state index in [1.807, 2.05) is 36.8 Å². The van der Waals surface area contributed by atoms with E-state index >= 15 is 0 Å². The van der Waals surface area contributed by atoms with Gasteiger partial charge >= 0.3 is 0 Å². The highest BCUT2D eigenvalue weighted by atomic mass is 15.2. The summed E-state index contributed by atoms with van der Waals surface area (Å²) in [5, 5.41) is 5.38. The van der Waals surface area contributed by atoms with Crippen LogP contribution in [0.15, 0.2) is 116 Å². The van der Waals surface area contributed by atoms with Crippen LogP contribution < -0.4 is 4.90 Å². The van der Waals surface area contributed by atoms with E-state index in [2.05, 4.69) is 99.8 Å². The van der Waals surface area contributed by atoms with Gasteiger partial charge in [0.25, 0.3) is 0 Å². The lowest BCUT2D eigenvalue weighted by atomic mass is 9.97. The van der Waals surface area contributed by atoms with Gasteiger partial charge in [0.05, 0.1) is 45.5 Å². The molecule has 9 rings (SSSR count). The predicted molar refractivity (Wildman–Crippen MR) is 171 cm³/mol. The Morgan fingerprint density at radius 3 is 1.69 bits per heavy atom. The van der Waals surface area contributed by atoms with Gasteiger partial charge in [-0.3, -0.25) is 15.0 Å². The molecular formula is C36H22N6. The minimum Gasteiger partial charge on any atom is -0.319 e. The first kappa shape index (κ1) is 23.0. The molecule has 42 heavy (non-hydrogen) atoms. The van der Waals surface area contributed by atoms with Crippen LogP contribution in [0.25, 0.3) is 66.2 Å². The maximum atomic E-state index is 5.23. The number of rotatable bonds is 2. The van der Waals surface area contributed by atoms with Gasteiger partial charge in [0.15, 0.2) is 0 Å². The molecule has 3 aromatic carbocycles. The van der Waals surface area contributed by atoms with E-state index in [1.165, 1.54) is 0 Å². The summed E-state index contributed by atoms with van der Waals surface area (Å²) < 4.78 is 0. The van der Waals surface area contributed by atoms with Gasteiger partial charge in [0.2, 0.25) is 0 Å². The topological polar surface area (TPSA) is 67.7 Å². The van der Waals surface area contributed by atoms with E-state index < -0.39 is 0 Å². The molecule has 0 amide bonds. The molecule has 1 aliphatic heterocycles. The summed E-state index contributed by atoms with van der Waals surface area (Å²) in [6.07, 6.45) is 7.75. The molecule has 5 aromatic heterocycles. The maximum absolute atomic E-state index is 5.23. The summed E-state index contributed by atoms with van der Waals surface area (Å²) in [5.74, 6) is 0.846. The second kappa shape index (κ2) is 8.88. The molecule has 196 valence electrons. The minimum atomic E-state index is 0.593. The maximum Gasteiger partial charge on any atom is 0.134 e. The van der Waals surface area contributed by atoms with Crippen LogP contribution in [0.3, 0.4) is 0 Å². The van der Waals surface area contributed by atoms with Crippen molar-refractivity contribution < 1.29 is 0 Å². The first-order valence-corrected chi connectivity index (χ1v) is 14.0. The van der Waals surface area contributed by atoms with Gasteiger partial charge in [-0.25, -0.2) is 9.97 Å². The van der Waals surface area contributed by atoms with E-state index in [0.717, 1.165) is 82.9 Å². The molecule has 6 heteroatoms.